The van der Waals surface area contributed by atoms with Gasteiger partial charge < -0.3 is 11.1 Å². The van der Waals surface area contributed by atoms with Crippen LogP contribution in [0, 0.1) is 6.92 Å². The molecule has 5 heteroatoms. The van der Waals surface area contributed by atoms with Gasteiger partial charge in [-0.25, -0.2) is 0 Å². The van der Waals surface area contributed by atoms with Gasteiger partial charge in [0.25, 0.3) is 0 Å². The van der Waals surface area contributed by atoms with E-state index in [1.165, 1.54) is 0 Å². The molecule has 0 atom stereocenters. The Hall–Kier alpha value is -1.46. The summed E-state index contributed by atoms with van der Waals surface area (Å²) in [5, 5.41) is 2.93. The molecule has 104 valence electrons. The second-order valence-electron chi connectivity index (χ2n) is 5.20. The van der Waals surface area contributed by atoms with E-state index in [1.54, 1.807) is 6.20 Å². The van der Waals surface area contributed by atoms with Crippen LogP contribution in [0.15, 0.2) is 18.3 Å². The number of aromatic nitrogens is 1. The lowest BCUT2D eigenvalue weighted by Crippen LogP contribution is -2.44. The molecule has 1 fully saturated rings. The van der Waals surface area contributed by atoms with E-state index in [2.05, 4.69) is 15.2 Å². The molecule has 5 nitrogen and oxygen atoms in total. The van der Waals surface area contributed by atoms with Crippen LogP contribution in [0.3, 0.4) is 0 Å². The van der Waals surface area contributed by atoms with Crippen molar-refractivity contribution in [3.05, 3.63) is 29.6 Å². The number of aryl methyl sites for hydroxylation is 1. The minimum Gasteiger partial charge on any atom is -0.351 e. The van der Waals surface area contributed by atoms with Gasteiger partial charge in [0.2, 0.25) is 5.91 Å². The highest BCUT2D eigenvalue weighted by molar-refractivity contribution is 5.78. The van der Waals surface area contributed by atoms with E-state index in [1.807, 2.05) is 19.1 Å². The molecule has 19 heavy (non-hydrogen) atoms. The number of pyridine rings is 1. The van der Waals surface area contributed by atoms with Gasteiger partial charge in [-0.05, 0) is 31.4 Å². The summed E-state index contributed by atoms with van der Waals surface area (Å²) in [5.41, 5.74) is 7.85. The maximum Gasteiger partial charge on any atom is 0.234 e. The van der Waals surface area contributed by atoms with Crippen molar-refractivity contribution in [2.24, 2.45) is 5.73 Å². The summed E-state index contributed by atoms with van der Waals surface area (Å²) in [6.45, 7) is 4.79. The quantitative estimate of drug-likeness (QED) is 0.825. The second kappa shape index (κ2) is 6.63. The van der Waals surface area contributed by atoms with Crippen LogP contribution in [0.1, 0.15) is 24.1 Å². The van der Waals surface area contributed by atoms with Crippen LogP contribution in [0.25, 0.3) is 0 Å². The van der Waals surface area contributed by atoms with E-state index in [0.717, 1.165) is 37.2 Å². The van der Waals surface area contributed by atoms with Crippen LogP contribution in [-0.4, -0.2) is 41.5 Å². The third-order valence-corrected chi connectivity index (χ3v) is 3.46. The molecule has 0 unspecified atom stereocenters. The highest BCUT2D eigenvalue weighted by Crippen LogP contribution is 2.07. The number of nitrogens with one attached hydrogen (secondary N) is 1. The summed E-state index contributed by atoms with van der Waals surface area (Å²) in [4.78, 5) is 18.2. The van der Waals surface area contributed by atoms with E-state index in [4.69, 9.17) is 5.73 Å². The van der Waals surface area contributed by atoms with E-state index >= 15 is 0 Å². The molecule has 0 radical (unpaired) electrons. The molecule has 1 aliphatic heterocycles. The average molecular weight is 262 g/mol. The van der Waals surface area contributed by atoms with Gasteiger partial charge in [0.05, 0.1) is 6.54 Å². The first kappa shape index (κ1) is 14.0. The Morgan fingerprint density at radius 2 is 2.21 bits per heavy atom. The van der Waals surface area contributed by atoms with Gasteiger partial charge in [0.15, 0.2) is 0 Å². The number of rotatable bonds is 4. The van der Waals surface area contributed by atoms with Crippen molar-refractivity contribution in [1.29, 1.82) is 0 Å². The largest absolute Gasteiger partial charge is 0.351 e. The number of nitrogens with zero attached hydrogens (tertiary/aromatic N) is 2. The summed E-state index contributed by atoms with van der Waals surface area (Å²) < 4.78 is 0. The lowest BCUT2D eigenvalue weighted by atomic mass is 10.1. The molecule has 3 N–H and O–H groups in total. The first-order valence-electron chi connectivity index (χ1n) is 6.79. The fourth-order valence-corrected chi connectivity index (χ4v) is 2.17. The van der Waals surface area contributed by atoms with E-state index in [-0.39, 0.29) is 5.91 Å². The fraction of sp³-hybridized carbons (Fsp3) is 0.571. The van der Waals surface area contributed by atoms with Crippen molar-refractivity contribution in [2.45, 2.75) is 32.4 Å². The van der Waals surface area contributed by atoms with Crippen LogP contribution in [0.2, 0.25) is 0 Å². The zero-order valence-electron chi connectivity index (χ0n) is 11.4. The molecular weight excluding hydrogens is 240 g/mol. The Balaban J connectivity index is 1.71. The van der Waals surface area contributed by atoms with Crippen molar-refractivity contribution in [2.75, 3.05) is 19.6 Å². The van der Waals surface area contributed by atoms with E-state index in [9.17, 15) is 4.79 Å². The normalized spacial score (nSPS) is 17.4. The third kappa shape index (κ3) is 4.61. The highest BCUT2D eigenvalue weighted by atomic mass is 16.2. The predicted octanol–water partition coefficient (Wildman–Crippen LogP) is 0.429. The zero-order chi connectivity index (χ0) is 13.7. The van der Waals surface area contributed by atoms with Crippen molar-refractivity contribution < 1.29 is 4.79 Å². The summed E-state index contributed by atoms with van der Waals surface area (Å²) in [6, 6.07) is 4.24. The lowest BCUT2D eigenvalue weighted by Gasteiger charge is -2.29. The number of hydrogen-bond donors (Lipinski definition) is 2. The van der Waals surface area contributed by atoms with E-state index in [0.29, 0.717) is 19.1 Å². The number of amides is 1. The Morgan fingerprint density at radius 1 is 1.47 bits per heavy atom. The predicted molar refractivity (Wildman–Crippen MR) is 74.5 cm³/mol. The van der Waals surface area contributed by atoms with Crippen molar-refractivity contribution in [1.82, 2.24) is 15.2 Å². The number of piperidine rings is 1. The molecule has 0 aliphatic carbocycles. The average Bonchev–Trinajstić information content (AvgIpc) is 2.41. The fourth-order valence-electron chi connectivity index (χ4n) is 2.17. The van der Waals surface area contributed by atoms with Crippen LogP contribution in [0.4, 0.5) is 0 Å². The lowest BCUT2D eigenvalue weighted by molar-refractivity contribution is -0.122. The molecule has 1 aromatic heterocycles. The number of carbonyl (C=O) groups is 1. The molecule has 0 aromatic carbocycles. The minimum absolute atomic E-state index is 0.0658. The number of carbonyl (C=O) groups excluding carboxylic acids is 1. The number of hydrogen-bond acceptors (Lipinski definition) is 4. The van der Waals surface area contributed by atoms with Crippen molar-refractivity contribution in [3.63, 3.8) is 0 Å². The Labute approximate surface area is 114 Å². The van der Waals surface area contributed by atoms with Gasteiger partial charge in [-0.15, -0.1) is 0 Å². The minimum atomic E-state index is 0.0658. The molecule has 1 amide bonds. The Morgan fingerprint density at radius 3 is 2.84 bits per heavy atom. The molecule has 0 bridgehead atoms. The first-order chi connectivity index (χ1) is 9.13. The van der Waals surface area contributed by atoms with Gasteiger partial charge in [0, 0.05) is 37.6 Å². The van der Waals surface area contributed by atoms with Gasteiger partial charge in [-0.1, -0.05) is 6.07 Å². The maximum absolute atomic E-state index is 11.8. The van der Waals surface area contributed by atoms with Crippen LogP contribution < -0.4 is 11.1 Å². The van der Waals surface area contributed by atoms with Crippen molar-refractivity contribution >= 4 is 5.91 Å². The first-order valence-corrected chi connectivity index (χ1v) is 6.79. The molecule has 1 saturated heterocycles. The summed E-state index contributed by atoms with van der Waals surface area (Å²) in [5.74, 6) is 0.0658. The van der Waals surface area contributed by atoms with Gasteiger partial charge in [-0.3, -0.25) is 14.7 Å². The van der Waals surface area contributed by atoms with Gasteiger partial charge >= 0.3 is 0 Å². The Bertz CT molecular complexity index is 410. The molecule has 0 saturated carbocycles. The number of likely N-dealkylation sites (tertiary alicyclic amines) is 1. The third-order valence-electron chi connectivity index (χ3n) is 3.46. The topological polar surface area (TPSA) is 71.2 Å². The second-order valence-corrected chi connectivity index (χ2v) is 5.20. The molecule has 1 aliphatic rings. The maximum atomic E-state index is 11.8. The zero-order valence-corrected chi connectivity index (χ0v) is 11.4. The van der Waals surface area contributed by atoms with Crippen molar-refractivity contribution in [3.8, 4) is 0 Å². The van der Waals surface area contributed by atoms with Crippen LogP contribution >= 0.6 is 0 Å². The van der Waals surface area contributed by atoms with Gasteiger partial charge in [-0.2, -0.15) is 0 Å². The smallest absolute Gasteiger partial charge is 0.234 e. The molecule has 2 heterocycles. The van der Waals surface area contributed by atoms with E-state index < -0.39 is 0 Å². The summed E-state index contributed by atoms with van der Waals surface area (Å²) in [6.07, 6.45) is 3.76. The molecule has 1 aromatic rings. The standard InChI is InChI=1S/C14H22N4O/c1-11-2-3-12(8-16-11)9-17-14(19)10-18-6-4-13(15)5-7-18/h2-3,8,13H,4-7,9-10,15H2,1H3,(H,17,19). The van der Waals surface area contributed by atoms with Crippen LogP contribution in [-0.2, 0) is 11.3 Å². The number of nitrogens with two attached hydrogens (primary N) is 1. The monoisotopic (exact) mass is 262 g/mol. The van der Waals surface area contributed by atoms with Crippen LogP contribution in [0.5, 0.6) is 0 Å². The molecular formula is C14H22N4O. The Kier molecular flexibility index (Phi) is 4.87. The molecule has 0 spiro atoms. The molecule has 2 rings (SSSR count). The van der Waals surface area contributed by atoms with Gasteiger partial charge in [0.1, 0.15) is 0 Å². The summed E-state index contributed by atoms with van der Waals surface area (Å²) >= 11 is 0. The highest BCUT2D eigenvalue weighted by Gasteiger charge is 2.17. The summed E-state index contributed by atoms with van der Waals surface area (Å²) in [7, 11) is 0. The SMILES string of the molecule is Cc1ccc(CNC(=O)CN2CCC(N)CC2)cn1.